The number of benzene rings is 1. The summed E-state index contributed by atoms with van der Waals surface area (Å²) in [6.07, 6.45) is 3.63. The maximum absolute atomic E-state index is 13.3. The second-order valence-corrected chi connectivity index (χ2v) is 9.29. The molecule has 1 aromatic rings. The molecule has 25 heavy (non-hydrogen) atoms. The Morgan fingerprint density at radius 1 is 1.32 bits per heavy atom. The summed E-state index contributed by atoms with van der Waals surface area (Å²) in [5.74, 6) is 1.16. The van der Waals surface area contributed by atoms with Crippen molar-refractivity contribution in [2.24, 2.45) is 5.92 Å². The Bertz CT molecular complexity index is 705. The van der Waals surface area contributed by atoms with Gasteiger partial charge in [-0.05, 0) is 59.4 Å². The van der Waals surface area contributed by atoms with Crippen LogP contribution in [-0.4, -0.2) is 39.7 Å². The van der Waals surface area contributed by atoms with Gasteiger partial charge in [-0.15, -0.1) is 0 Å². The van der Waals surface area contributed by atoms with Crippen LogP contribution in [0.15, 0.2) is 24.3 Å². The Hall–Kier alpha value is -1.55. The third-order valence-corrected chi connectivity index (χ3v) is 6.28. The number of amides is 1. The first-order valence-electron chi connectivity index (χ1n) is 9.45. The van der Waals surface area contributed by atoms with Crippen molar-refractivity contribution in [2.45, 2.75) is 76.0 Å². The number of carbonyl (C=O) groups is 1. The molecule has 0 bridgehead atoms. The fourth-order valence-electron chi connectivity index (χ4n) is 5.24. The second kappa shape index (κ2) is 5.23. The zero-order chi connectivity index (χ0) is 18.0. The van der Waals surface area contributed by atoms with Gasteiger partial charge in [0, 0.05) is 23.4 Å². The van der Waals surface area contributed by atoms with Crippen LogP contribution < -0.4 is 4.74 Å². The number of para-hydroxylation sites is 1. The van der Waals surface area contributed by atoms with E-state index in [2.05, 4.69) is 19.9 Å². The first-order chi connectivity index (χ1) is 11.6. The van der Waals surface area contributed by atoms with Crippen molar-refractivity contribution >= 4 is 5.91 Å². The van der Waals surface area contributed by atoms with Crippen LogP contribution in [0.1, 0.15) is 58.9 Å². The fourth-order valence-corrected chi connectivity index (χ4v) is 5.24. The van der Waals surface area contributed by atoms with Crippen molar-refractivity contribution in [1.82, 2.24) is 4.90 Å². The minimum Gasteiger partial charge on any atom is -0.488 e. The molecule has 0 radical (unpaired) electrons. The van der Waals surface area contributed by atoms with E-state index < -0.39 is 5.60 Å². The summed E-state index contributed by atoms with van der Waals surface area (Å²) in [5.41, 5.74) is -0.0144. The van der Waals surface area contributed by atoms with Gasteiger partial charge in [-0.3, -0.25) is 4.79 Å². The fraction of sp³-hybridized carbons (Fsp3) is 0.667. The summed E-state index contributed by atoms with van der Waals surface area (Å²) in [7, 11) is 0. The zero-order valence-electron chi connectivity index (χ0n) is 15.7. The summed E-state index contributed by atoms with van der Waals surface area (Å²) in [6, 6.07) is 8.11. The largest absolute Gasteiger partial charge is 0.488 e. The Balaban J connectivity index is 1.64. The lowest BCUT2D eigenvalue weighted by atomic mass is 9.79. The first kappa shape index (κ1) is 16.9. The molecule has 1 unspecified atom stereocenters. The van der Waals surface area contributed by atoms with Crippen LogP contribution in [0, 0.1) is 5.92 Å². The third kappa shape index (κ3) is 2.66. The van der Waals surface area contributed by atoms with E-state index in [1.807, 2.05) is 36.9 Å². The van der Waals surface area contributed by atoms with E-state index in [0.717, 1.165) is 38.0 Å². The van der Waals surface area contributed by atoms with Gasteiger partial charge in [0.25, 0.3) is 0 Å². The highest BCUT2D eigenvalue weighted by atomic mass is 16.5. The molecule has 1 saturated carbocycles. The van der Waals surface area contributed by atoms with Crippen molar-refractivity contribution < 1.29 is 14.6 Å². The maximum atomic E-state index is 13.3. The van der Waals surface area contributed by atoms with Crippen LogP contribution in [0.5, 0.6) is 5.75 Å². The van der Waals surface area contributed by atoms with Crippen LogP contribution in [0.25, 0.3) is 0 Å². The van der Waals surface area contributed by atoms with Gasteiger partial charge in [0.1, 0.15) is 11.4 Å². The van der Waals surface area contributed by atoms with Gasteiger partial charge in [-0.25, -0.2) is 0 Å². The maximum Gasteiger partial charge on any atom is 0.226 e. The van der Waals surface area contributed by atoms with Gasteiger partial charge in [0.15, 0.2) is 0 Å². The number of likely N-dealkylation sites (tertiary alicyclic amines) is 1. The average Bonchev–Trinajstić information content (AvgIpc) is 2.98. The predicted octanol–water partition coefficient (Wildman–Crippen LogP) is 3.27. The van der Waals surface area contributed by atoms with Gasteiger partial charge in [-0.1, -0.05) is 18.2 Å². The van der Waals surface area contributed by atoms with E-state index in [4.69, 9.17) is 4.74 Å². The van der Waals surface area contributed by atoms with Crippen molar-refractivity contribution in [3.05, 3.63) is 29.8 Å². The minimum absolute atomic E-state index is 0.0137. The molecular formula is C21H29NO3. The molecule has 3 atom stereocenters. The lowest BCUT2D eigenvalue weighted by Gasteiger charge is -2.39. The summed E-state index contributed by atoms with van der Waals surface area (Å²) in [6.45, 7) is 8.62. The van der Waals surface area contributed by atoms with E-state index in [1.54, 1.807) is 0 Å². The highest BCUT2D eigenvalue weighted by Gasteiger charge is 2.65. The molecular weight excluding hydrogens is 314 g/mol. The smallest absolute Gasteiger partial charge is 0.226 e. The molecule has 0 aromatic heterocycles. The van der Waals surface area contributed by atoms with E-state index in [1.165, 1.54) is 5.56 Å². The Labute approximate surface area is 150 Å². The van der Waals surface area contributed by atoms with Crippen LogP contribution in [0.4, 0.5) is 0 Å². The minimum atomic E-state index is -0.846. The van der Waals surface area contributed by atoms with Crippen molar-refractivity contribution in [3.63, 3.8) is 0 Å². The van der Waals surface area contributed by atoms with Crippen LogP contribution in [-0.2, 0) is 10.2 Å². The summed E-state index contributed by atoms with van der Waals surface area (Å²) < 4.78 is 6.16. The quantitative estimate of drug-likeness (QED) is 0.897. The molecule has 1 spiro atoms. The normalized spacial score (nSPS) is 33.1. The molecule has 1 aliphatic carbocycles. The number of fused-ring (bicyclic) bond motifs is 2. The molecule has 1 amide bonds. The van der Waals surface area contributed by atoms with Crippen LogP contribution in [0.2, 0.25) is 0 Å². The SMILES string of the molecule is CC1(C)C[C@@]2(C[C@@H]2C(=O)N2CCCC2C(C)(C)O)c2ccccc2O1. The van der Waals surface area contributed by atoms with E-state index in [-0.39, 0.29) is 28.9 Å². The topological polar surface area (TPSA) is 49.8 Å². The van der Waals surface area contributed by atoms with E-state index in [0.29, 0.717) is 0 Å². The van der Waals surface area contributed by atoms with Gasteiger partial charge in [-0.2, -0.15) is 0 Å². The number of ether oxygens (including phenoxy) is 1. The Morgan fingerprint density at radius 2 is 2.04 bits per heavy atom. The summed E-state index contributed by atoms with van der Waals surface area (Å²) in [5, 5.41) is 10.5. The first-order valence-corrected chi connectivity index (χ1v) is 9.45. The molecule has 2 fully saturated rings. The number of hydrogen-bond acceptors (Lipinski definition) is 3. The molecule has 3 aliphatic rings. The monoisotopic (exact) mass is 343 g/mol. The van der Waals surface area contributed by atoms with Crippen molar-refractivity contribution in [1.29, 1.82) is 0 Å². The molecule has 1 aromatic carbocycles. The molecule has 4 nitrogen and oxygen atoms in total. The van der Waals surface area contributed by atoms with Crippen molar-refractivity contribution in [3.8, 4) is 5.75 Å². The number of hydrogen-bond donors (Lipinski definition) is 1. The highest BCUT2D eigenvalue weighted by molar-refractivity contribution is 5.85. The molecule has 136 valence electrons. The number of carbonyl (C=O) groups excluding carboxylic acids is 1. The Kier molecular flexibility index (Phi) is 3.53. The van der Waals surface area contributed by atoms with Crippen LogP contribution in [0.3, 0.4) is 0 Å². The lowest BCUT2D eigenvalue weighted by Crippen LogP contribution is -2.49. The van der Waals surface area contributed by atoms with Gasteiger partial charge >= 0.3 is 0 Å². The lowest BCUT2D eigenvalue weighted by molar-refractivity contribution is -0.138. The molecule has 1 N–H and O–H groups in total. The highest BCUT2D eigenvalue weighted by Crippen LogP contribution is 2.64. The van der Waals surface area contributed by atoms with Crippen LogP contribution >= 0.6 is 0 Å². The van der Waals surface area contributed by atoms with E-state index >= 15 is 0 Å². The Morgan fingerprint density at radius 3 is 2.76 bits per heavy atom. The molecule has 1 saturated heterocycles. The van der Waals surface area contributed by atoms with E-state index in [9.17, 15) is 9.90 Å². The van der Waals surface area contributed by atoms with Crippen molar-refractivity contribution in [2.75, 3.05) is 6.54 Å². The molecule has 4 heteroatoms. The van der Waals surface area contributed by atoms with Gasteiger partial charge in [0.2, 0.25) is 5.91 Å². The third-order valence-electron chi connectivity index (χ3n) is 6.28. The summed E-state index contributed by atoms with van der Waals surface area (Å²) in [4.78, 5) is 15.3. The molecule has 4 rings (SSSR count). The number of nitrogens with zero attached hydrogens (tertiary/aromatic N) is 1. The molecule has 2 aliphatic heterocycles. The van der Waals surface area contributed by atoms with Gasteiger partial charge < -0.3 is 14.7 Å². The second-order valence-electron chi connectivity index (χ2n) is 9.29. The zero-order valence-corrected chi connectivity index (χ0v) is 15.7. The number of rotatable bonds is 2. The predicted molar refractivity (Wildman–Crippen MR) is 96.6 cm³/mol. The summed E-state index contributed by atoms with van der Waals surface area (Å²) >= 11 is 0. The standard InChI is InChI=1S/C21H29NO3/c1-19(2)13-21(14-8-5-6-9-16(14)25-19)12-15(21)18(23)22-11-7-10-17(22)20(3,4)24/h5-6,8-9,15,17,24H,7,10-13H2,1-4H3/t15-,17?,21+/m1/s1. The molecule has 2 heterocycles. The number of aliphatic hydroxyl groups is 1. The average molecular weight is 343 g/mol. The van der Waals surface area contributed by atoms with Gasteiger partial charge in [0.05, 0.1) is 11.6 Å².